The van der Waals surface area contributed by atoms with Gasteiger partial charge in [-0.15, -0.1) is 0 Å². The molecule has 1 N–H and O–H groups in total. The second-order valence-electron chi connectivity index (χ2n) is 4.08. The van der Waals surface area contributed by atoms with E-state index in [0.29, 0.717) is 11.3 Å². The lowest BCUT2D eigenvalue weighted by Crippen LogP contribution is -2.05. The maximum absolute atomic E-state index is 13.0. The number of aromatic nitrogens is 2. The minimum absolute atomic E-state index is 0.0897. The lowest BCUT2D eigenvalue weighted by Gasteiger charge is -2.10. The summed E-state index contributed by atoms with van der Waals surface area (Å²) in [5.41, 5.74) is 1.50. The molecule has 1 unspecified atom stereocenters. The maximum Gasteiger partial charge on any atom is 0.126 e. The average Bonchev–Trinajstić information content (AvgIpc) is 2.28. The first kappa shape index (κ1) is 12.6. The summed E-state index contributed by atoms with van der Waals surface area (Å²) >= 11 is 0. The summed E-state index contributed by atoms with van der Waals surface area (Å²) in [6.45, 7) is 1.78. The number of aliphatic hydroxyl groups is 1. The van der Waals surface area contributed by atoms with Crippen LogP contribution in [0, 0.1) is 18.6 Å². The molecular formula is C13H12F2N2O. The van der Waals surface area contributed by atoms with Gasteiger partial charge in [-0.1, -0.05) is 0 Å². The van der Waals surface area contributed by atoms with Crippen LogP contribution in [0.5, 0.6) is 0 Å². The molecule has 1 aromatic carbocycles. The van der Waals surface area contributed by atoms with E-state index >= 15 is 0 Å². The van der Waals surface area contributed by atoms with Gasteiger partial charge in [-0.25, -0.2) is 8.78 Å². The number of hydrogen-bond donors (Lipinski definition) is 1. The Morgan fingerprint density at radius 3 is 2.33 bits per heavy atom. The van der Waals surface area contributed by atoms with E-state index in [1.807, 2.05) is 0 Å². The van der Waals surface area contributed by atoms with Crippen LogP contribution in [-0.2, 0) is 6.42 Å². The molecule has 0 saturated heterocycles. The summed E-state index contributed by atoms with van der Waals surface area (Å²) in [6.07, 6.45) is 2.14. The Hall–Kier alpha value is -1.88. The summed E-state index contributed by atoms with van der Waals surface area (Å²) in [7, 11) is 0. The number of nitrogens with zero attached hydrogens (tertiary/aromatic N) is 2. The van der Waals surface area contributed by atoms with Gasteiger partial charge in [-0.2, -0.15) is 0 Å². The Labute approximate surface area is 103 Å². The van der Waals surface area contributed by atoms with Gasteiger partial charge in [-0.05, 0) is 24.6 Å². The molecule has 3 nitrogen and oxygen atoms in total. The van der Waals surface area contributed by atoms with Gasteiger partial charge in [0.15, 0.2) is 0 Å². The number of benzene rings is 1. The normalized spacial score (nSPS) is 12.4. The SMILES string of the molecule is Cc1cnc(C(O)Cc2cc(F)cc(F)c2)cn1. The van der Waals surface area contributed by atoms with E-state index in [-0.39, 0.29) is 6.42 Å². The number of hydrogen-bond acceptors (Lipinski definition) is 3. The van der Waals surface area contributed by atoms with Crippen LogP contribution in [0.25, 0.3) is 0 Å². The zero-order valence-corrected chi connectivity index (χ0v) is 9.77. The van der Waals surface area contributed by atoms with Crippen LogP contribution in [-0.4, -0.2) is 15.1 Å². The Kier molecular flexibility index (Phi) is 3.62. The molecule has 0 spiro atoms. The third-order valence-corrected chi connectivity index (χ3v) is 2.49. The smallest absolute Gasteiger partial charge is 0.126 e. The van der Waals surface area contributed by atoms with Crippen molar-refractivity contribution in [3.8, 4) is 0 Å². The highest BCUT2D eigenvalue weighted by Gasteiger charge is 2.12. The standard InChI is InChI=1S/C13H12F2N2O/c1-8-6-17-12(7-16-8)13(18)4-9-2-10(14)5-11(15)3-9/h2-3,5-7,13,18H,4H2,1H3. The van der Waals surface area contributed by atoms with Gasteiger partial charge in [0, 0.05) is 18.7 Å². The van der Waals surface area contributed by atoms with E-state index in [1.54, 1.807) is 6.92 Å². The van der Waals surface area contributed by atoms with E-state index in [4.69, 9.17) is 0 Å². The predicted octanol–water partition coefficient (Wildman–Crippen LogP) is 2.34. The highest BCUT2D eigenvalue weighted by Crippen LogP contribution is 2.17. The van der Waals surface area contributed by atoms with E-state index in [1.165, 1.54) is 24.5 Å². The Bertz CT molecular complexity index is 523. The molecule has 1 heterocycles. The number of aliphatic hydroxyl groups excluding tert-OH is 1. The molecule has 0 saturated carbocycles. The van der Waals surface area contributed by atoms with E-state index < -0.39 is 17.7 Å². The summed E-state index contributed by atoms with van der Waals surface area (Å²) < 4.78 is 26.0. The number of halogens is 2. The fourth-order valence-electron chi connectivity index (χ4n) is 1.63. The summed E-state index contributed by atoms with van der Waals surface area (Å²) in [6, 6.07) is 3.17. The van der Waals surface area contributed by atoms with E-state index in [9.17, 15) is 13.9 Å². The van der Waals surface area contributed by atoms with Crippen LogP contribution in [0.4, 0.5) is 8.78 Å². The maximum atomic E-state index is 13.0. The van der Waals surface area contributed by atoms with Gasteiger partial charge in [0.2, 0.25) is 0 Å². The van der Waals surface area contributed by atoms with Gasteiger partial charge in [-0.3, -0.25) is 9.97 Å². The van der Waals surface area contributed by atoms with Crippen molar-refractivity contribution in [3.05, 3.63) is 59.2 Å². The highest BCUT2D eigenvalue weighted by molar-refractivity contribution is 5.20. The molecule has 0 fully saturated rings. The second kappa shape index (κ2) is 5.18. The first-order valence-electron chi connectivity index (χ1n) is 5.46. The van der Waals surface area contributed by atoms with Gasteiger partial charge in [0.1, 0.15) is 17.7 Å². The molecule has 2 aromatic rings. The number of aryl methyl sites for hydroxylation is 1. The molecule has 0 aliphatic heterocycles. The van der Waals surface area contributed by atoms with Crippen LogP contribution in [0.1, 0.15) is 23.1 Å². The minimum atomic E-state index is -0.931. The summed E-state index contributed by atoms with van der Waals surface area (Å²) in [4.78, 5) is 8.03. The van der Waals surface area contributed by atoms with Crippen LogP contribution in [0.15, 0.2) is 30.6 Å². The van der Waals surface area contributed by atoms with Crippen molar-refractivity contribution in [1.82, 2.24) is 9.97 Å². The molecule has 0 radical (unpaired) electrons. The van der Waals surface area contributed by atoms with Gasteiger partial charge < -0.3 is 5.11 Å². The molecular weight excluding hydrogens is 238 g/mol. The average molecular weight is 250 g/mol. The monoisotopic (exact) mass is 250 g/mol. The fourth-order valence-corrected chi connectivity index (χ4v) is 1.63. The highest BCUT2D eigenvalue weighted by atomic mass is 19.1. The summed E-state index contributed by atoms with van der Waals surface area (Å²) in [5.74, 6) is -1.32. The molecule has 94 valence electrons. The van der Waals surface area contributed by atoms with Crippen LogP contribution in [0.3, 0.4) is 0 Å². The van der Waals surface area contributed by atoms with Crippen molar-refractivity contribution in [1.29, 1.82) is 0 Å². The molecule has 0 bridgehead atoms. The Morgan fingerprint density at radius 2 is 1.78 bits per heavy atom. The molecule has 1 aromatic heterocycles. The van der Waals surface area contributed by atoms with Crippen molar-refractivity contribution < 1.29 is 13.9 Å². The zero-order valence-electron chi connectivity index (χ0n) is 9.77. The molecule has 0 aliphatic carbocycles. The third-order valence-electron chi connectivity index (χ3n) is 2.49. The van der Waals surface area contributed by atoms with Gasteiger partial charge in [0.05, 0.1) is 17.6 Å². The molecule has 0 amide bonds. The zero-order chi connectivity index (χ0) is 13.1. The van der Waals surface area contributed by atoms with Crippen LogP contribution >= 0.6 is 0 Å². The van der Waals surface area contributed by atoms with Crippen molar-refractivity contribution in [3.63, 3.8) is 0 Å². The van der Waals surface area contributed by atoms with Crippen LogP contribution < -0.4 is 0 Å². The summed E-state index contributed by atoms with van der Waals surface area (Å²) in [5, 5.41) is 9.90. The number of rotatable bonds is 3. The Morgan fingerprint density at radius 1 is 1.11 bits per heavy atom. The lowest BCUT2D eigenvalue weighted by atomic mass is 10.1. The first-order valence-corrected chi connectivity index (χ1v) is 5.46. The van der Waals surface area contributed by atoms with E-state index in [2.05, 4.69) is 9.97 Å². The quantitative estimate of drug-likeness (QED) is 0.909. The van der Waals surface area contributed by atoms with Crippen molar-refractivity contribution in [2.24, 2.45) is 0 Å². The van der Waals surface area contributed by atoms with Gasteiger partial charge >= 0.3 is 0 Å². The van der Waals surface area contributed by atoms with Crippen molar-refractivity contribution >= 4 is 0 Å². The predicted molar refractivity (Wildman–Crippen MR) is 61.8 cm³/mol. The molecule has 2 rings (SSSR count). The fraction of sp³-hybridized carbons (Fsp3) is 0.231. The second-order valence-corrected chi connectivity index (χ2v) is 4.08. The lowest BCUT2D eigenvalue weighted by molar-refractivity contribution is 0.173. The van der Waals surface area contributed by atoms with Crippen molar-refractivity contribution in [2.75, 3.05) is 0 Å². The topological polar surface area (TPSA) is 46.0 Å². The third kappa shape index (κ3) is 3.07. The van der Waals surface area contributed by atoms with Gasteiger partial charge in [0.25, 0.3) is 0 Å². The molecule has 18 heavy (non-hydrogen) atoms. The molecule has 1 atom stereocenters. The molecule has 0 aliphatic rings. The van der Waals surface area contributed by atoms with E-state index in [0.717, 1.165) is 11.8 Å². The van der Waals surface area contributed by atoms with Crippen molar-refractivity contribution in [2.45, 2.75) is 19.4 Å². The van der Waals surface area contributed by atoms with Crippen LogP contribution in [0.2, 0.25) is 0 Å². The minimum Gasteiger partial charge on any atom is -0.386 e. The Balaban J connectivity index is 2.15. The largest absolute Gasteiger partial charge is 0.386 e. The first-order chi connectivity index (χ1) is 8.54. The molecule has 5 heteroatoms.